The van der Waals surface area contributed by atoms with Crippen LogP contribution in [0, 0.1) is 12.7 Å². The topological polar surface area (TPSA) is 38.1 Å². The Morgan fingerprint density at radius 2 is 1.74 bits per heavy atom. The molecule has 0 aliphatic carbocycles. The van der Waals surface area contributed by atoms with Gasteiger partial charge in [-0.25, -0.2) is 9.37 Å². The highest BCUT2D eigenvalue weighted by molar-refractivity contribution is 5.92. The Kier molecular flexibility index (Phi) is 6.15. The zero-order valence-corrected chi connectivity index (χ0v) is 19.5. The number of aromatic nitrogens is 2. The quantitative estimate of drug-likeness (QED) is 0.421. The smallest absolute Gasteiger partial charge is 0.337 e. The van der Waals surface area contributed by atoms with E-state index < -0.39 is 11.7 Å². The van der Waals surface area contributed by atoms with Crippen molar-refractivity contribution in [2.24, 2.45) is 0 Å². The highest BCUT2D eigenvalue weighted by Gasteiger charge is 2.32. The highest BCUT2D eigenvalue weighted by Crippen LogP contribution is 2.35. The fraction of sp³-hybridized carbons (Fsp3) is 0.407. The van der Waals surface area contributed by atoms with Gasteiger partial charge in [0.1, 0.15) is 17.3 Å². The van der Waals surface area contributed by atoms with E-state index in [9.17, 15) is 22.4 Å². The summed E-state index contributed by atoms with van der Waals surface area (Å²) in [5.74, 6) is 0.766. The van der Waals surface area contributed by atoms with Crippen molar-refractivity contribution < 1.29 is 22.4 Å². The Bertz CT molecular complexity index is 1240. The third kappa shape index (κ3) is 4.83. The molecule has 5 rings (SSSR count). The molecule has 1 atom stereocenters. The maximum atomic E-state index is 13.7. The summed E-state index contributed by atoms with van der Waals surface area (Å²) in [6, 6.07) is 10.7. The largest absolute Gasteiger partial charge is 0.416 e. The maximum absolute atomic E-state index is 13.7. The fourth-order valence-corrected chi connectivity index (χ4v) is 5.29. The molecule has 0 radical (unpaired) electrons. The SMILES string of the molecule is Cc1cc(C2CCc3nc(C(=O)N4CCC(c5cccc(C(F)(F)F)c5)CC4)cn3C2)ccc1F. The van der Waals surface area contributed by atoms with Gasteiger partial charge in [0.05, 0.1) is 5.56 Å². The molecular formula is C27H27F4N3O. The van der Waals surface area contributed by atoms with Gasteiger partial charge in [0, 0.05) is 38.2 Å². The number of hydrogen-bond donors (Lipinski definition) is 0. The van der Waals surface area contributed by atoms with Gasteiger partial charge in [-0.1, -0.05) is 30.3 Å². The monoisotopic (exact) mass is 485 g/mol. The Morgan fingerprint density at radius 3 is 2.46 bits per heavy atom. The number of likely N-dealkylation sites (tertiary alicyclic amines) is 1. The molecule has 1 fully saturated rings. The normalized spacial score (nSPS) is 19.0. The minimum atomic E-state index is -4.36. The molecule has 1 saturated heterocycles. The molecule has 35 heavy (non-hydrogen) atoms. The molecule has 2 aliphatic heterocycles. The lowest BCUT2D eigenvalue weighted by molar-refractivity contribution is -0.137. The summed E-state index contributed by atoms with van der Waals surface area (Å²) >= 11 is 0. The van der Waals surface area contributed by atoms with Crippen molar-refractivity contribution in [1.82, 2.24) is 14.5 Å². The summed E-state index contributed by atoms with van der Waals surface area (Å²) in [7, 11) is 0. The second-order valence-corrected chi connectivity index (χ2v) is 9.63. The zero-order valence-electron chi connectivity index (χ0n) is 19.5. The van der Waals surface area contributed by atoms with E-state index in [4.69, 9.17) is 0 Å². The van der Waals surface area contributed by atoms with Crippen molar-refractivity contribution >= 4 is 5.91 Å². The molecule has 1 amide bonds. The summed E-state index contributed by atoms with van der Waals surface area (Å²) in [6.45, 7) is 3.43. The molecule has 1 unspecified atom stereocenters. The van der Waals surface area contributed by atoms with E-state index in [2.05, 4.69) is 4.98 Å². The van der Waals surface area contributed by atoms with Crippen molar-refractivity contribution in [3.05, 3.63) is 88.3 Å². The van der Waals surface area contributed by atoms with E-state index in [1.54, 1.807) is 24.1 Å². The molecule has 0 bridgehead atoms. The van der Waals surface area contributed by atoms with Crippen LogP contribution in [0.15, 0.2) is 48.7 Å². The predicted molar refractivity (Wildman–Crippen MR) is 124 cm³/mol. The molecule has 8 heteroatoms. The molecular weight excluding hydrogens is 458 g/mol. The first-order valence-corrected chi connectivity index (χ1v) is 12.0. The third-order valence-electron chi connectivity index (χ3n) is 7.33. The summed E-state index contributed by atoms with van der Waals surface area (Å²) in [6.07, 6.45) is 0.309. The number of piperidine rings is 1. The molecule has 0 spiro atoms. The molecule has 3 heterocycles. The van der Waals surface area contributed by atoms with E-state index in [1.807, 2.05) is 16.7 Å². The Labute approximate surface area is 201 Å². The van der Waals surface area contributed by atoms with Gasteiger partial charge >= 0.3 is 6.18 Å². The van der Waals surface area contributed by atoms with Gasteiger partial charge < -0.3 is 9.47 Å². The van der Waals surface area contributed by atoms with Crippen LogP contribution in [0.3, 0.4) is 0 Å². The van der Waals surface area contributed by atoms with Crippen LogP contribution in [-0.4, -0.2) is 33.4 Å². The lowest BCUT2D eigenvalue weighted by Gasteiger charge is -2.32. The number of alkyl halides is 3. The van der Waals surface area contributed by atoms with Crippen molar-refractivity contribution in [1.29, 1.82) is 0 Å². The van der Waals surface area contributed by atoms with Crippen molar-refractivity contribution in [2.45, 2.75) is 57.2 Å². The van der Waals surface area contributed by atoms with Gasteiger partial charge in [-0.05, 0) is 60.9 Å². The van der Waals surface area contributed by atoms with Crippen LogP contribution < -0.4 is 0 Å². The third-order valence-corrected chi connectivity index (χ3v) is 7.33. The van der Waals surface area contributed by atoms with Crippen LogP contribution in [0.5, 0.6) is 0 Å². The first kappa shape index (κ1) is 23.6. The Balaban J connectivity index is 1.23. The first-order valence-electron chi connectivity index (χ1n) is 12.0. The van der Waals surface area contributed by atoms with Crippen LogP contribution in [0.2, 0.25) is 0 Å². The highest BCUT2D eigenvalue weighted by atomic mass is 19.4. The van der Waals surface area contributed by atoms with Gasteiger partial charge in [0.15, 0.2) is 0 Å². The molecule has 1 aromatic heterocycles. The van der Waals surface area contributed by atoms with E-state index in [-0.39, 0.29) is 23.6 Å². The molecule has 4 nitrogen and oxygen atoms in total. The predicted octanol–water partition coefficient (Wildman–Crippen LogP) is 6.10. The van der Waals surface area contributed by atoms with Gasteiger partial charge in [-0.15, -0.1) is 0 Å². The van der Waals surface area contributed by atoms with E-state index in [1.165, 1.54) is 18.2 Å². The minimum Gasteiger partial charge on any atom is -0.337 e. The minimum absolute atomic E-state index is 0.00326. The molecule has 2 aliphatic rings. The number of carbonyl (C=O) groups is 1. The van der Waals surface area contributed by atoms with Gasteiger partial charge in [0.25, 0.3) is 5.91 Å². The van der Waals surface area contributed by atoms with Crippen LogP contribution in [-0.2, 0) is 19.1 Å². The number of rotatable bonds is 3. The summed E-state index contributed by atoms with van der Waals surface area (Å²) in [4.78, 5) is 19.5. The van der Waals surface area contributed by atoms with E-state index >= 15 is 0 Å². The molecule has 0 saturated carbocycles. The van der Waals surface area contributed by atoms with Gasteiger partial charge in [-0.3, -0.25) is 4.79 Å². The van der Waals surface area contributed by atoms with Crippen molar-refractivity contribution in [2.75, 3.05) is 13.1 Å². The Hall–Kier alpha value is -3.16. The number of carbonyl (C=O) groups excluding carboxylic acids is 1. The molecule has 2 aromatic carbocycles. The number of imidazole rings is 1. The van der Waals surface area contributed by atoms with Crippen LogP contribution in [0.4, 0.5) is 17.6 Å². The Morgan fingerprint density at radius 1 is 1.00 bits per heavy atom. The van der Waals surface area contributed by atoms with Crippen LogP contribution in [0.25, 0.3) is 0 Å². The number of nitrogens with zero attached hydrogens (tertiary/aromatic N) is 3. The zero-order chi connectivity index (χ0) is 24.7. The van der Waals surface area contributed by atoms with Gasteiger partial charge in [-0.2, -0.15) is 13.2 Å². The van der Waals surface area contributed by atoms with E-state index in [0.717, 1.165) is 30.3 Å². The summed E-state index contributed by atoms with van der Waals surface area (Å²) in [5.41, 5.74) is 2.17. The number of amides is 1. The molecule has 184 valence electrons. The molecule has 3 aromatic rings. The number of aryl methyl sites for hydroxylation is 2. The molecule has 0 N–H and O–H groups in total. The average molecular weight is 486 g/mol. The standard InChI is InChI=1S/C27H27F4N3O/c1-17-13-20(5-7-23(17)28)21-6-8-25-32-24(16-34(25)15-21)26(35)33-11-9-18(10-12-33)19-3-2-4-22(14-19)27(29,30)31/h2-5,7,13-14,16,18,21H,6,8-12,15H2,1H3. The summed E-state index contributed by atoms with van der Waals surface area (Å²) in [5, 5.41) is 0. The van der Waals surface area contributed by atoms with Crippen molar-refractivity contribution in [3.63, 3.8) is 0 Å². The second-order valence-electron chi connectivity index (χ2n) is 9.63. The van der Waals surface area contributed by atoms with Gasteiger partial charge in [0.2, 0.25) is 0 Å². The lowest BCUT2D eigenvalue weighted by Crippen LogP contribution is -2.38. The van der Waals surface area contributed by atoms with Crippen LogP contribution in [0.1, 0.15) is 69.7 Å². The first-order chi connectivity index (χ1) is 16.7. The van der Waals surface area contributed by atoms with Crippen LogP contribution >= 0.6 is 0 Å². The lowest BCUT2D eigenvalue weighted by atomic mass is 9.88. The number of fused-ring (bicyclic) bond motifs is 1. The van der Waals surface area contributed by atoms with E-state index in [0.29, 0.717) is 49.3 Å². The number of halogens is 4. The summed E-state index contributed by atoms with van der Waals surface area (Å²) < 4.78 is 54.9. The van der Waals surface area contributed by atoms with Crippen molar-refractivity contribution in [3.8, 4) is 0 Å². The fourth-order valence-electron chi connectivity index (χ4n) is 5.29. The number of benzene rings is 2. The maximum Gasteiger partial charge on any atom is 0.416 e. The second kappa shape index (κ2) is 9.13. The number of hydrogen-bond acceptors (Lipinski definition) is 2. The average Bonchev–Trinajstić information content (AvgIpc) is 3.28.